The summed E-state index contributed by atoms with van der Waals surface area (Å²) in [5.74, 6) is 1.57. The van der Waals surface area contributed by atoms with Crippen LogP contribution in [0, 0.1) is 5.92 Å². The maximum absolute atomic E-state index is 11.9. The van der Waals surface area contributed by atoms with Crippen LogP contribution < -0.4 is 10.6 Å². The Hall–Kier alpha value is -0.610. The molecule has 1 amide bonds. The third kappa shape index (κ3) is 7.67. The summed E-state index contributed by atoms with van der Waals surface area (Å²) < 4.78 is 5.50. The first kappa shape index (κ1) is 23.7. The molecule has 3 rings (SSSR count). The van der Waals surface area contributed by atoms with Gasteiger partial charge in [-0.15, -0.1) is 24.0 Å². The fourth-order valence-electron chi connectivity index (χ4n) is 4.23. The van der Waals surface area contributed by atoms with Gasteiger partial charge in [-0.1, -0.05) is 12.8 Å². The van der Waals surface area contributed by atoms with Crippen LogP contribution in [0.15, 0.2) is 4.99 Å². The number of likely N-dealkylation sites (tertiary alicyclic amines) is 1. The van der Waals surface area contributed by atoms with Crippen molar-refractivity contribution in [3.63, 3.8) is 0 Å². The summed E-state index contributed by atoms with van der Waals surface area (Å²) in [6.07, 6.45) is 8.42. The summed E-state index contributed by atoms with van der Waals surface area (Å²) in [5.41, 5.74) is 0. The Labute approximate surface area is 187 Å². The Kier molecular flexibility index (Phi) is 10.3. The van der Waals surface area contributed by atoms with Crippen molar-refractivity contribution < 1.29 is 9.53 Å². The van der Waals surface area contributed by atoms with Gasteiger partial charge in [0, 0.05) is 52.4 Å². The Bertz CT molecular complexity index is 497. The van der Waals surface area contributed by atoms with Crippen molar-refractivity contribution in [3.05, 3.63) is 0 Å². The second kappa shape index (κ2) is 12.2. The number of likely N-dealkylation sites (N-methyl/N-ethyl adjacent to an activating group) is 1. The molecule has 28 heavy (non-hydrogen) atoms. The van der Waals surface area contributed by atoms with Gasteiger partial charge in [-0.3, -0.25) is 4.79 Å². The van der Waals surface area contributed by atoms with E-state index >= 15 is 0 Å². The number of amides is 1. The minimum absolute atomic E-state index is 0. The van der Waals surface area contributed by atoms with Gasteiger partial charge in [-0.25, -0.2) is 4.99 Å². The van der Waals surface area contributed by atoms with Crippen LogP contribution in [0.25, 0.3) is 0 Å². The molecule has 1 aliphatic carbocycles. The summed E-state index contributed by atoms with van der Waals surface area (Å²) in [4.78, 5) is 20.7. The van der Waals surface area contributed by atoms with Crippen molar-refractivity contribution in [2.75, 3.05) is 53.5 Å². The lowest BCUT2D eigenvalue weighted by Crippen LogP contribution is -2.51. The summed E-state index contributed by atoms with van der Waals surface area (Å²) in [7, 11) is 3.56. The lowest BCUT2D eigenvalue weighted by atomic mass is 10.0. The topological polar surface area (TPSA) is 69.2 Å². The zero-order valence-electron chi connectivity index (χ0n) is 17.5. The lowest BCUT2D eigenvalue weighted by Gasteiger charge is -2.34. The van der Waals surface area contributed by atoms with Crippen LogP contribution in [0.5, 0.6) is 0 Å². The molecule has 0 bridgehead atoms. The number of nitrogens with zero attached hydrogens (tertiary/aromatic N) is 3. The Morgan fingerprint density at radius 2 is 1.71 bits per heavy atom. The number of carbonyl (C=O) groups excluding carboxylic acids is 1. The first-order valence-corrected chi connectivity index (χ1v) is 10.7. The highest BCUT2D eigenvalue weighted by atomic mass is 127. The van der Waals surface area contributed by atoms with E-state index in [1.165, 1.54) is 38.6 Å². The molecule has 2 aliphatic heterocycles. The SMILES string of the molecule is CN(C)C(=O)CN=C(NC1CCCC1)NC1CCN(CC2CCOC2)CC1.I. The predicted octanol–water partition coefficient (Wildman–Crippen LogP) is 1.67. The Morgan fingerprint density at radius 1 is 1.07 bits per heavy atom. The number of nitrogens with one attached hydrogen (secondary N) is 2. The molecule has 3 aliphatic rings. The molecule has 1 unspecified atom stereocenters. The fourth-order valence-corrected chi connectivity index (χ4v) is 4.23. The van der Waals surface area contributed by atoms with E-state index < -0.39 is 0 Å². The normalized spacial score (nSPS) is 24.8. The summed E-state index contributed by atoms with van der Waals surface area (Å²) in [6, 6.07) is 0.927. The van der Waals surface area contributed by atoms with E-state index in [1.54, 1.807) is 19.0 Å². The molecule has 0 aromatic carbocycles. The van der Waals surface area contributed by atoms with E-state index in [9.17, 15) is 4.79 Å². The molecule has 2 saturated heterocycles. The van der Waals surface area contributed by atoms with Crippen molar-refractivity contribution in [2.24, 2.45) is 10.9 Å². The number of hydrogen-bond acceptors (Lipinski definition) is 4. The Morgan fingerprint density at radius 3 is 2.29 bits per heavy atom. The van der Waals surface area contributed by atoms with Gasteiger partial charge in [0.1, 0.15) is 6.54 Å². The van der Waals surface area contributed by atoms with Crippen molar-refractivity contribution in [1.82, 2.24) is 20.4 Å². The van der Waals surface area contributed by atoms with Crippen LogP contribution >= 0.6 is 24.0 Å². The van der Waals surface area contributed by atoms with Gasteiger partial charge in [0.2, 0.25) is 5.91 Å². The maximum atomic E-state index is 11.9. The molecule has 1 atom stereocenters. The first-order chi connectivity index (χ1) is 13.1. The largest absolute Gasteiger partial charge is 0.381 e. The second-order valence-electron chi connectivity index (χ2n) is 8.53. The van der Waals surface area contributed by atoms with Crippen LogP contribution in [0.3, 0.4) is 0 Å². The molecule has 8 heteroatoms. The average Bonchev–Trinajstić information content (AvgIpc) is 3.35. The van der Waals surface area contributed by atoms with E-state index in [-0.39, 0.29) is 36.4 Å². The minimum atomic E-state index is 0. The van der Waals surface area contributed by atoms with Crippen LogP contribution in [0.4, 0.5) is 0 Å². The van der Waals surface area contributed by atoms with Crippen molar-refractivity contribution >= 4 is 35.8 Å². The zero-order chi connectivity index (χ0) is 19.1. The number of halogens is 1. The van der Waals surface area contributed by atoms with Gasteiger partial charge in [0.05, 0.1) is 6.61 Å². The quantitative estimate of drug-likeness (QED) is 0.325. The highest BCUT2D eigenvalue weighted by Crippen LogP contribution is 2.19. The van der Waals surface area contributed by atoms with Crippen LogP contribution in [-0.2, 0) is 9.53 Å². The molecule has 1 saturated carbocycles. The van der Waals surface area contributed by atoms with Gasteiger partial charge in [0.25, 0.3) is 0 Å². The Balaban J connectivity index is 0.00000280. The van der Waals surface area contributed by atoms with E-state index in [0.29, 0.717) is 18.0 Å². The van der Waals surface area contributed by atoms with Gasteiger partial charge < -0.3 is 25.2 Å². The summed E-state index contributed by atoms with van der Waals surface area (Å²) in [5, 5.41) is 7.17. The molecule has 0 radical (unpaired) electrons. The second-order valence-corrected chi connectivity index (χ2v) is 8.53. The third-order valence-electron chi connectivity index (χ3n) is 6.04. The van der Waals surface area contributed by atoms with Gasteiger partial charge in [-0.05, 0) is 38.0 Å². The molecule has 7 nitrogen and oxygen atoms in total. The monoisotopic (exact) mass is 507 g/mol. The zero-order valence-corrected chi connectivity index (χ0v) is 19.8. The first-order valence-electron chi connectivity index (χ1n) is 10.7. The van der Waals surface area contributed by atoms with Crippen LogP contribution in [-0.4, -0.2) is 87.2 Å². The average molecular weight is 507 g/mol. The van der Waals surface area contributed by atoms with Crippen LogP contribution in [0.1, 0.15) is 44.9 Å². The van der Waals surface area contributed by atoms with Crippen molar-refractivity contribution in [2.45, 2.75) is 57.0 Å². The lowest BCUT2D eigenvalue weighted by molar-refractivity contribution is -0.127. The smallest absolute Gasteiger partial charge is 0.243 e. The van der Waals surface area contributed by atoms with E-state index in [4.69, 9.17) is 4.74 Å². The van der Waals surface area contributed by atoms with Crippen molar-refractivity contribution in [1.29, 1.82) is 0 Å². The fraction of sp³-hybridized carbons (Fsp3) is 0.900. The number of ether oxygens (including phenoxy) is 1. The van der Waals surface area contributed by atoms with Crippen LogP contribution in [0.2, 0.25) is 0 Å². The number of rotatable bonds is 6. The summed E-state index contributed by atoms with van der Waals surface area (Å²) in [6.45, 7) is 5.49. The highest BCUT2D eigenvalue weighted by Gasteiger charge is 2.25. The standard InChI is InChI=1S/C20H37N5O2.HI/c1-24(2)19(26)13-21-20(22-17-5-3-4-6-17)23-18-7-10-25(11-8-18)14-16-9-12-27-15-16;/h16-18H,3-15H2,1-2H3,(H2,21,22,23);1H. The summed E-state index contributed by atoms with van der Waals surface area (Å²) >= 11 is 0. The van der Waals surface area contributed by atoms with E-state index in [2.05, 4.69) is 20.5 Å². The van der Waals surface area contributed by atoms with Gasteiger partial charge >= 0.3 is 0 Å². The predicted molar refractivity (Wildman–Crippen MR) is 123 cm³/mol. The number of piperidine rings is 1. The molecule has 0 spiro atoms. The molecular weight excluding hydrogens is 469 g/mol. The number of aliphatic imine (C=N–C) groups is 1. The molecular formula is C20H38IN5O2. The number of carbonyl (C=O) groups is 1. The highest BCUT2D eigenvalue weighted by molar-refractivity contribution is 14.0. The van der Waals surface area contributed by atoms with E-state index in [1.807, 2.05) is 0 Å². The minimum Gasteiger partial charge on any atom is -0.381 e. The molecule has 3 fully saturated rings. The molecule has 2 N–H and O–H groups in total. The van der Waals surface area contributed by atoms with Gasteiger partial charge in [-0.2, -0.15) is 0 Å². The molecule has 162 valence electrons. The van der Waals surface area contributed by atoms with Crippen molar-refractivity contribution in [3.8, 4) is 0 Å². The molecule has 0 aromatic rings. The third-order valence-corrected chi connectivity index (χ3v) is 6.04. The molecule has 0 aromatic heterocycles. The molecule has 2 heterocycles. The number of guanidine groups is 1. The van der Waals surface area contributed by atoms with Gasteiger partial charge in [0.15, 0.2) is 5.96 Å². The van der Waals surface area contributed by atoms with E-state index in [0.717, 1.165) is 45.1 Å². The maximum Gasteiger partial charge on any atom is 0.243 e. The number of hydrogen-bond donors (Lipinski definition) is 2.